The van der Waals surface area contributed by atoms with Crippen LogP contribution in [0.1, 0.15) is 51.9 Å². The zero-order valence-corrected chi connectivity index (χ0v) is 15.7. The molecular formula is C21H29NO4. The SMILES string of the molecule is CCOc1ccc(NC(=O)CC23C[C@@H]4C[C@@H](CC(O)(C4)C2)C3)cc1OC. The van der Waals surface area contributed by atoms with Crippen LogP contribution in [0.5, 0.6) is 11.5 Å². The molecule has 4 atom stereocenters. The molecule has 2 N–H and O–H groups in total. The zero-order valence-electron chi connectivity index (χ0n) is 15.7. The summed E-state index contributed by atoms with van der Waals surface area (Å²) in [5.74, 6) is 2.52. The lowest BCUT2D eigenvalue weighted by Crippen LogP contribution is -2.56. The molecule has 142 valence electrons. The third-order valence-corrected chi connectivity index (χ3v) is 6.43. The summed E-state index contributed by atoms with van der Waals surface area (Å²) in [7, 11) is 1.60. The monoisotopic (exact) mass is 359 g/mol. The molecule has 4 bridgehead atoms. The molecule has 2 unspecified atom stereocenters. The summed E-state index contributed by atoms with van der Waals surface area (Å²) >= 11 is 0. The molecule has 1 amide bonds. The summed E-state index contributed by atoms with van der Waals surface area (Å²) < 4.78 is 10.9. The van der Waals surface area contributed by atoms with Gasteiger partial charge in [-0.3, -0.25) is 4.79 Å². The number of hydrogen-bond donors (Lipinski definition) is 2. The van der Waals surface area contributed by atoms with Crippen molar-refractivity contribution in [1.29, 1.82) is 0 Å². The first-order chi connectivity index (χ1) is 12.4. The second kappa shape index (κ2) is 6.45. The van der Waals surface area contributed by atoms with Crippen LogP contribution in [0.4, 0.5) is 5.69 Å². The molecule has 5 heteroatoms. The first kappa shape index (κ1) is 17.7. The topological polar surface area (TPSA) is 67.8 Å². The molecule has 0 heterocycles. The highest BCUT2D eigenvalue weighted by atomic mass is 16.5. The van der Waals surface area contributed by atoms with Crippen LogP contribution in [0, 0.1) is 17.3 Å². The van der Waals surface area contributed by atoms with Crippen LogP contribution in [0.25, 0.3) is 0 Å². The average molecular weight is 359 g/mol. The van der Waals surface area contributed by atoms with Crippen molar-refractivity contribution in [3.05, 3.63) is 18.2 Å². The van der Waals surface area contributed by atoms with Crippen LogP contribution in [-0.4, -0.2) is 30.3 Å². The van der Waals surface area contributed by atoms with Crippen molar-refractivity contribution in [2.75, 3.05) is 19.0 Å². The highest BCUT2D eigenvalue weighted by Crippen LogP contribution is 2.62. The van der Waals surface area contributed by atoms with Gasteiger partial charge in [-0.15, -0.1) is 0 Å². The Morgan fingerprint density at radius 3 is 2.58 bits per heavy atom. The lowest BCUT2D eigenvalue weighted by Gasteiger charge is -2.60. The van der Waals surface area contributed by atoms with E-state index in [1.54, 1.807) is 13.2 Å². The van der Waals surface area contributed by atoms with Crippen LogP contribution in [0.15, 0.2) is 18.2 Å². The molecule has 26 heavy (non-hydrogen) atoms. The molecule has 0 saturated heterocycles. The van der Waals surface area contributed by atoms with Crippen LogP contribution in [-0.2, 0) is 4.79 Å². The average Bonchev–Trinajstić information content (AvgIpc) is 2.53. The number of carbonyl (C=O) groups excluding carboxylic acids is 1. The third kappa shape index (κ3) is 3.29. The largest absolute Gasteiger partial charge is 0.493 e. The molecule has 4 aliphatic rings. The second-order valence-electron chi connectivity index (χ2n) is 8.71. The Bertz CT molecular complexity index is 687. The van der Waals surface area contributed by atoms with Gasteiger partial charge < -0.3 is 19.9 Å². The molecule has 1 aromatic rings. The number of amides is 1. The van der Waals surface area contributed by atoms with Gasteiger partial charge in [-0.25, -0.2) is 0 Å². The third-order valence-electron chi connectivity index (χ3n) is 6.43. The first-order valence-electron chi connectivity index (χ1n) is 9.76. The number of methoxy groups -OCH3 is 1. The highest BCUT2D eigenvalue weighted by molar-refractivity contribution is 5.91. The van der Waals surface area contributed by atoms with Gasteiger partial charge in [0.15, 0.2) is 11.5 Å². The summed E-state index contributed by atoms with van der Waals surface area (Å²) in [4.78, 5) is 12.7. The Balaban J connectivity index is 1.44. The minimum absolute atomic E-state index is 0.0156. The van der Waals surface area contributed by atoms with E-state index in [2.05, 4.69) is 5.32 Å². The van der Waals surface area contributed by atoms with Gasteiger partial charge in [0.1, 0.15) is 0 Å². The van der Waals surface area contributed by atoms with Gasteiger partial charge in [0.2, 0.25) is 5.91 Å². The Morgan fingerprint density at radius 1 is 1.23 bits per heavy atom. The predicted molar refractivity (Wildman–Crippen MR) is 99.5 cm³/mol. The van der Waals surface area contributed by atoms with Gasteiger partial charge in [0, 0.05) is 18.2 Å². The van der Waals surface area contributed by atoms with Crippen molar-refractivity contribution >= 4 is 11.6 Å². The number of benzene rings is 1. The summed E-state index contributed by atoms with van der Waals surface area (Å²) in [5, 5.41) is 13.9. The summed E-state index contributed by atoms with van der Waals surface area (Å²) in [6.07, 6.45) is 6.57. The fourth-order valence-electron chi connectivity index (χ4n) is 6.17. The minimum Gasteiger partial charge on any atom is -0.493 e. The van der Waals surface area contributed by atoms with E-state index in [1.807, 2.05) is 19.1 Å². The fourth-order valence-corrected chi connectivity index (χ4v) is 6.17. The van der Waals surface area contributed by atoms with E-state index >= 15 is 0 Å². The van der Waals surface area contributed by atoms with Crippen molar-refractivity contribution < 1.29 is 19.4 Å². The minimum atomic E-state index is -0.521. The van der Waals surface area contributed by atoms with Gasteiger partial charge in [-0.2, -0.15) is 0 Å². The normalized spacial score (nSPS) is 34.6. The molecule has 0 spiro atoms. The Kier molecular flexibility index (Phi) is 4.38. The van der Waals surface area contributed by atoms with Crippen molar-refractivity contribution in [2.24, 2.45) is 17.3 Å². The quantitative estimate of drug-likeness (QED) is 0.812. The predicted octanol–water partition coefficient (Wildman–Crippen LogP) is 3.75. The van der Waals surface area contributed by atoms with Crippen LogP contribution in [0.2, 0.25) is 0 Å². The van der Waals surface area contributed by atoms with E-state index in [0.717, 1.165) is 37.8 Å². The smallest absolute Gasteiger partial charge is 0.224 e. The molecule has 1 aromatic carbocycles. The van der Waals surface area contributed by atoms with Gasteiger partial charge in [0.05, 0.1) is 19.3 Å². The molecule has 0 radical (unpaired) electrons. The summed E-state index contributed by atoms with van der Waals surface area (Å²) in [5.41, 5.74) is 0.184. The van der Waals surface area contributed by atoms with Crippen LogP contribution < -0.4 is 14.8 Å². The summed E-state index contributed by atoms with van der Waals surface area (Å²) in [6, 6.07) is 5.47. The lowest BCUT2D eigenvalue weighted by molar-refractivity contribution is -0.167. The molecule has 4 saturated carbocycles. The molecule has 4 aliphatic carbocycles. The van der Waals surface area contributed by atoms with E-state index < -0.39 is 5.60 Å². The number of hydrogen-bond acceptors (Lipinski definition) is 4. The Labute approximate surface area is 155 Å². The number of rotatable bonds is 6. The zero-order chi connectivity index (χ0) is 18.4. The maximum Gasteiger partial charge on any atom is 0.224 e. The van der Waals surface area contributed by atoms with Crippen molar-refractivity contribution in [2.45, 2.75) is 57.5 Å². The fraction of sp³-hybridized carbons (Fsp3) is 0.667. The molecular weight excluding hydrogens is 330 g/mol. The van der Waals surface area contributed by atoms with E-state index in [1.165, 1.54) is 6.42 Å². The van der Waals surface area contributed by atoms with Crippen LogP contribution in [0.3, 0.4) is 0 Å². The summed E-state index contributed by atoms with van der Waals surface area (Å²) in [6.45, 7) is 2.49. The molecule has 4 fully saturated rings. The molecule has 0 aliphatic heterocycles. The van der Waals surface area contributed by atoms with Crippen molar-refractivity contribution in [3.8, 4) is 11.5 Å². The number of ether oxygens (including phenoxy) is 2. The number of anilines is 1. The van der Waals surface area contributed by atoms with Gasteiger partial charge in [0.25, 0.3) is 0 Å². The number of carbonyl (C=O) groups is 1. The number of aliphatic hydroxyl groups is 1. The molecule has 0 aromatic heterocycles. The maximum absolute atomic E-state index is 12.7. The van der Waals surface area contributed by atoms with E-state index in [-0.39, 0.29) is 11.3 Å². The Hall–Kier alpha value is -1.75. The molecule has 5 nitrogen and oxygen atoms in total. The van der Waals surface area contributed by atoms with E-state index in [9.17, 15) is 9.90 Å². The van der Waals surface area contributed by atoms with Crippen molar-refractivity contribution in [1.82, 2.24) is 0 Å². The van der Waals surface area contributed by atoms with Gasteiger partial charge in [-0.05, 0) is 74.8 Å². The highest BCUT2D eigenvalue weighted by Gasteiger charge is 2.57. The van der Waals surface area contributed by atoms with Crippen molar-refractivity contribution in [3.63, 3.8) is 0 Å². The lowest BCUT2D eigenvalue weighted by atomic mass is 9.47. The van der Waals surface area contributed by atoms with Gasteiger partial charge in [-0.1, -0.05) is 0 Å². The standard InChI is InChI=1S/C21H29NO4/c1-3-26-17-5-4-16(7-18(17)25-2)22-19(23)12-20-8-14-6-15(9-20)11-21(24,10-14)13-20/h4-5,7,14-15,24H,3,6,8-13H2,1-2H3,(H,22,23)/t14-,15+,20?,21?. The van der Waals surface area contributed by atoms with E-state index in [0.29, 0.717) is 36.4 Å². The van der Waals surface area contributed by atoms with Crippen LogP contribution >= 0.6 is 0 Å². The first-order valence-corrected chi connectivity index (χ1v) is 9.76. The maximum atomic E-state index is 12.7. The number of nitrogens with one attached hydrogen (secondary N) is 1. The molecule has 5 rings (SSSR count). The second-order valence-corrected chi connectivity index (χ2v) is 8.71. The Morgan fingerprint density at radius 2 is 1.96 bits per heavy atom. The van der Waals surface area contributed by atoms with Gasteiger partial charge >= 0.3 is 0 Å². The van der Waals surface area contributed by atoms with E-state index in [4.69, 9.17) is 9.47 Å².